The number of hydrogen-bond donors (Lipinski definition) is 0. The van der Waals surface area contributed by atoms with E-state index in [-0.39, 0.29) is 0 Å². The maximum absolute atomic E-state index is 2.58. The van der Waals surface area contributed by atoms with Crippen LogP contribution in [-0.4, -0.2) is 0 Å². The standard InChI is InChI=1S/C22H36/c1-16-12-13-17(2)20(14-16)15-18(3)21-10-7-11-22(21)19-8-5-4-6-9-19/h7-8,11,16-18,20-22H,4-6,9-10,12-15H2,1-3H3/t16?,17?,18?,20-,21+,22?/m0/s1. The minimum atomic E-state index is 0.784. The molecule has 0 heteroatoms. The largest absolute Gasteiger partial charge is 0.0876 e. The quantitative estimate of drug-likeness (QED) is 0.502. The van der Waals surface area contributed by atoms with Gasteiger partial charge in [-0.05, 0) is 74.5 Å². The normalized spacial score (nSPS) is 40.5. The zero-order chi connectivity index (χ0) is 15.5. The summed E-state index contributed by atoms with van der Waals surface area (Å²) < 4.78 is 0. The minimum Gasteiger partial charge on any atom is -0.0876 e. The molecule has 4 unspecified atom stereocenters. The van der Waals surface area contributed by atoms with E-state index >= 15 is 0 Å². The van der Waals surface area contributed by atoms with Crippen LogP contribution in [0.25, 0.3) is 0 Å². The van der Waals surface area contributed by atoms with Crippen LogP contribution in [-0.2, 0) is 0 Å². The highest BCUT2D eigenvalue weighted by molar-refractivity contribution is 5.21. The molecule has 124 valence electrons. The van der Waals surface area contributed by atoms with E-state index < -0.39 is 0 Å². The average molecular weight is 301 g/mol. The first-order valence-corrected chi connectivity index (χ1v) is 10.0. The van der Waals surface area contributed by atoms with Crippen LogP contribution >= 0.6 is 0 Å². The van der Waals surface area contributed by atoms with Crippen LogP contribution in [0.3, 0.4) is 0 Å². The highest BCUT2D eigenvalue weighted by Crippen LogP contribution is 2.44. The van der Waals surface area contributed by atoms with Crippen LogP contribution in [0.4, 0.5) is 0 Å². The second kappa shape index (κ2) is 7.37. The van der Waals surface area contributed by atoms with Crippen molar-refractivity contribution >= 4 is 0 Å². The Morgan fingerprint density at radius 1 is 1.18 bits per heavy atom. The van der Waals surface area contributed by atoms with Gasteiger partial charge in [-0.3, -0.25) is 0 Å². The third kappa shape index (κ3) is 3.69. The molecule has 0 spiro atoms. The topological polar surface area (TPSA) is 0 Å². The molecule has 0 saturated heterocycles. The molecule has 0 N–H and O–H groups in total. The van der Waals surface area contributed by atoms with E-state index in [0.717, 1.165) is 35.5 Å². The van der Waals surface area contributed by atoms with E-state index in [1.807, 2.05) is 0 Å². The molecule has 0 aromatic heterocycles. The monoisotopic (exact) mass is 300 g/mol. The third-order valence-electron chi connectivity index (χ3n) is 7.00. The molecule has 0 heterocycles. The number of allylic oxidation sites excluding steroid dienone is 4. The predicted molar refractivity (Wildman–Crippen MR) is 96.7 cm³/mol. The van der Waals surface area contributed by atoms with Crippen LogP contribution in [0.5, 0.6) is 0 Å². The maximum Gasteiger partial charge on any atom is 0.00105 e. The highest BCUT2D eigenvalue weighted by atomic mass is 14.4. The Bertz CT molecular complexity index is 416. The molecule has 0 bridgehead atoms. The maximum atomic E-state index is 2.58. The first-order chi connectivity index (χ1) is 10.6. The lowest BCUT2D eigenvalue weighted by molar-refractivity contribution is 0.149. The molecule has 0 aromatic rings. The Kier molecular flexibility index (Phi) is 5.47. The van der Waals surface area contributed by atoms with Crippen molar-refractivity contribution in [2.24, 2.45) is 35.5 Å². The van der Waals surface area contributed by atoms with Crippen LogP contribution in [0.15, 0.2) is 23.8 Å². The van der Waals surface area contributed by atoms with Gasteiger partial charge in [-0.25, -0.2) is 0 Å². The molecule has 3 aliphatic carbocycles. The molecule has 0 aliphatic heterocycles. The molecule has 3 rings (SSSR count). The van der Waals surface area contributed by atoms with E-state index in [4.69, 9.17) is 0 Å². The molecule has 0 radical (unpaired) electrons. The summed E-state index contributed by atoms with van der Waals surface area (Å²) in [6.45, 7) is 7.54. The summed E-state index contributed by atoms with van der Waals surface area (Å²) in [7, 11) is 0. The van der Waals surface area contributed by atoms with Crippen molar-refractivity contribution in [3.63, 3.8) is 0 Å². The van der Waals surface area contributed by atoms with Gasteiger partial charge in [0.1, 0.15) is 0 Å². The zero-order valence-electron chi connectivity index (χ0n) is 15.1. The molecule has 0 amide bonds. The molecule has 0 aromatic carbocycles. The smallest absolute Gasteiger partial charge is 0.00105 e. The molecular weight excluding hydrogens is 264 g/mol. The van der Waals surface area contributed by atoms with E-state index in [0.29, 0.717) is 0 Å². The van der Waals surface area contributed by atoms with Gasteiger partial charge in [-0.15, -0.1) is 0 Å². The van der Waals surface area contributed by atoms with Gasteiger partial charge < -0.3 is 0 Å². The van der Waals surface area contributed by atoms with Crippen LogP contribution in [0.2, 0.25) is 0 Å². The lowest BCUT2D eigenvalue weighted by Crippen LogP contribution is -2.27. The van der Waals surface area contributed by atoms with Crippen molar-refractivity contribution < 1.29 is 0 Å². The molecule has 3 aliphatic rings. The summed E-state index contributed by atoms with van der Waals surface area (Å²) in [6.07, 6.45) is 20.4. The minimum absolute atomic E-state index is 0.784. The van der Waals surface area contributed by atoms with Gasteiger partial charge in [0.15, 0.2) is 0 Å². The second-order valence-electron chi connectivity index (χ2n) is 8.75. The summed E-state index contributed by atoms with van der Waals surface area (Å²) in [5, 5.41) is 0. The van der Waals surface area contributed by atoms with Gasteiger partial charge in [0.25, 0.3) is 0 Å². The second-order valence-corrected chi connectivity index (χ2v) is 8.75. The summed E-state index contributed by atoms with van der Waals surface area (Å²) in [4.78, 5) is 0. The lowest BCUT2D eigenvalue weighted by atomic mass is 9.68. The van der Waals surface area contributed by atoms with Crippen molar-refractivity contribution in [1.29, 1.82) is 0 Å². The van der Waals surface area contributed by atoms with Crippen molar-refractivity contribution in [3.05, 3.63) is 23.8 Å². The van der Waals surface area contributed by atoms with Crippen LogP contribution < -0.4 is 0 Å². The third-order valence-corrected chi connectivity index (χ3v) is 7.00. The first kappa shape index (κ1) is 16.3. The summed E-state index contributed by atoms with van der Waals surface area (Å²) in [5.41, 5.74) is 1.78. The van der Waals surface area contributed by atoms with E-state index in [2.05, 4.69) is 39.0 Å². The van der Waals surface area contributed by atoms with Gasteiger partial charge >= 0.3 is 0 Å². The predicted octanol–water partition coefficient (Wildman–Crippen LogP) is 6.78. The Morgan fingerprint density at radius 2 is 2.05 bits per heavy atom. The Balaban J connectivity index is 1.61. The Hall–Kier alpha value is -0.520. The molecule has 22 heavy (non-hydrogen) atoms. The molecule has 6 atom stereocenters. The number of rotatable bonds is 4. The van der Waals surface area contributed by atoms with Crippen molar-refractivity contribution in [2.45, 2.75) is 78.6 Å². The van der Waals surface area contributed by atoms with Crippen molar-refractivity contribution in [2.75, 3.05) is 0 Å². The van der Waals surface area contributed by atoms with E-state index in [9.17, 15) is 0 Å². The summed E-state index contributed by atoms with van der Waals surface area (Å²) >= 11 is 0. The van der Waals surface area contributed by atoms with Gasteiger partial charge in [-0.2, -0.15) is 0 Å². The summed E-state index contributed by atoms with van der Waals surface area (Å²) in [6, 6.07) is 0. The fourth-order valence-corrected chi connectivity index (χ4v) is 5.45. The van der Waals surface area contributed by atoms with E-state index in [1.165, 1.54) is 57.8 Å². The molecule has 1 saturated carbocycles. The number of hydrogen-bond acceptors (Lipinski definition) is 0. The first-order valence-electron chi connectivity index (χ1n) is 10.0. The van der Waals surface area contributed by atoms with Gasteiger partial charge in [0, 0.05) is 5.92 Å². The van der Waals surface area contributed by atoms with Crippen molar-refractivity contribution in [1.82, 2.24) is 0 Å². The molecule has 0 nitrogen and oxygen atoms in total. The Morgan fingerprint density at radius 3 is 2.82 bits per heavy atom. The van der Waals surface area contributed by atoms with Gasteiger partial charge in [0.2, 0.25) is 0 Å². The SMILES string of the molecule is CC1CCC(C)[C@H](CC(C)[C@H]2CC=CC2C2=CCCCC2)C1. The fraction of sp³-hybridized carbons (Fsp3) is 0.818. The molecule has 1 fully saturated rings. The lowest BCUT2D eigenvalue weighted by Gasteiger charge is -2.37. The highest BCUT2D eigenvalue weighted by Gasteiger charge is 2.34. The van der Waals surface area contributed by atoms with Gasteiger partial charge in [-0.1, -0.05) is 57.4 Å². The Labute approximate surface area is 138 Å². The van der Waals surface area contributed by atoms with Crippen molar-refractivity contribution in [3.8, 4) is 0 Å². The fourth-order valence-electron chi connectivity index (χ4n) is 5.45. The summed E-state index contributed by atoms with van der Waals surface area (Å²) in [5.74, 6) is 5.48. The van der Waals surface area contributed by atoms with E-state index in [1.54, 1.807) is 5.57 Å². The zero-order valence-corrected chi connectivity index (χ0v) is 15.1. The van der Waals surface area contributed by atoms with Gasteiger partial charge in [0.05, 0.1) is 0 Å². The van der Waals surface area contributed by atoms with Crippen LogP contribution in [0.1, 0.15) is 78.6 Å². The molecular formula is C22H36. The van der Waals surface area contributed by atoms with Crippen LogP contribution in [0, 0.1) is 35.5 Å². The average Bonchev–Trinajstić information content (AvgIpc) is 3.01.